The predicted octanol–water partition coefficient (Wildman–Crippen LogP) is 0.220. The van der Waals surface area contributed by atoms with Crippen molar-refractivity contribution in [3.05, 3.63) is 53.9 Å². The summed E-state index contributed by atoms with van der Waals surface area (Å²) in [5.74, 6) is 1.12. The zero-order valence-electron chi connectivity index (χ0n) is 14.1. The summed E-state index contributed by atoms with van der Waals surface area (Å²) in [5.41, 5.74) is 17.5. The molecule has 0 spiro atoms. The van der Waals surface area contributed by atoms with Crippen molar-refractivity contribution in [3.8, 4) is 0 Å². The number of halogens is 1. The van der Waals surface area contributed by atoms with E-state index in [4.69, 9.17) is 33.9 Å². The van der Waals surface area contributed by atoms with Gasteiger partial charge in [-0.25, -0.2) is 29.9 Å². The average molecular weight is 392 g/mol. The number of aromatic nitrogens is 6. The summed E-state index contributed by atoms with van der Waals surface area (Å²) in [6.45, 7) is -0.0414. The van der Waals surface area contributed by atoms with Crippen molar-refractivity contribution in [3.63, 3.8) is 0 Å². The van der Waals surface area contributed by atoms with Crippen LogP contribution in [0.15, 0.2) is 37.2 Å². The summed E-state index contributed by atoms with van der Waals surface area (Å²) >= 11 is 5.46. The van der Waals surface area contributed by atoms with Crippen LogP contribution in [0.4, 0.5) is 17.8 Å². The fraction of sp³-hybridized carbons (Fsp3) is 0.133. The van der Waals surface area contributed by atoms with Crippen LogP contribution < -0.4 is 17.2 Å². The summed E-state index contributed by atoms with van der Waals surface area (Å²) in [7, 11) is 0. The van der Waals surface area contributed by atoms with Crippen molar-refractivity contribution in [1.29, 1.82) is 0 Å². The number of carbonyl (C=O) groups excluding carboxylic acids is 1. The maximum Gasteiger partial charge on any atom is 0.219 e. The second kappa shape index (κ2) is 12.0. The molecule has 0 bridgehead atoms. The number of rotatable bonds is 3. The number of nitrogens with zero attached hydrogens (tertiary/aromatic N) is 6. The first-order chi connectivity index (χ1) is 13.0. The smallest absolute Gasteiger partial charge is 0.219 e. The van der Waals surface area contributed by atoms with Gasteiger partial charge < -0.3 is 22.3 Å². The molecule has 0 radical (unpaired) electrons. The minimum Gasteiger partial charge on any atom is -0.392 e. The first-order valence-corrected chi connectivity index (χ1v) is 7.84. The molecule has 7 N–H and O–H groups in total. The van der Waals surface area contributed by atoms with Crippen LogP contribution in [-0.4, -0.2) is 41.3 Å². The van der Waals surface area contributed by atoms with Gasteiger partial charge in [-0.1, -0.05) is 0 Å². The van der Waals surface area contributed by atoms with Gasteiger partial charge in [-0.05, 0) is 0 Å². The zero-order chi connectivity index (χ0) is 20.1. The first kappa shape index (κ1) is 21.6. The second-order valence-electron chi connectivity index (χ2n) is 4.68. The van der Waals surface area contributed by atoms with Crippen LogP contribution in [0.3, 0.4) is 0 Å². The molecule has 0 saturated heterocycles. The lowest BCUT2D eigenvalue weighted by Gasteiger charge is -1.92. The van der Waals surface area contributed by atoms with Gasteiger partial charge >= 0.3 is 0 Å². The Hall–Kier alpha value is -3.44. The topological polar surface area (TPSA) is 193 Å². The van der Waals surface area contributed by atoms with Crippen molar-refractivity contribution in [2.24, 2.45) is 0 Å². The standard InChI is InChI=1S/C5H6ClN3.C5H7N3O.C5H5N3O/c6-1-4-2-8-5(7)9-3-4;2*6-5-7-1-4(3-9)2-8-5/h2-3H,1H2,(H2,7,8,9);1-2,9H,3H2,(H2,6,7,8);1-3H,(H2,6,7,8). The Bertz CT molecular complexity index is 754. The molecule has 12 heteroatoms. The second-order valence-corrected chi connectivity index (χ2v) is 4.95. The van der Waals surface area contributed by atoms with Crippen molar-refractivity contribution >= 4 is 35.7 Å². The largest absolute Gasteiger partial charge is 0.392 e. The number of alkyl halides is 1. The summed E-state index contributed by atoms with van der Waals surface area (Å²) in [5, 5.41) is 8.51. The van der Waals surface area contributed by atoms with Gasteiger partial charge in [0.25, 0.3) is 0 Å². The number of aliphatic hydroxyl groups is 1. The molecule has 0 amide bonds. The highest BCUT2D eigenvalue weighted by Crippen LogP contribution is 1.99. The Morgan fingerprint density at radius 2 is 1.15 bits per heavy atom. The lowest BCUT2D eigenvalue weighted by Crippen LogP contribution is -1.95. The molecule has 0 unspecified atom stereocenters. The summed E-state index contributed by atoms with van der Waals surface area (Å²) < 4.78 is 0. The van der Waals surface area contributed by atoms with Gasteiger partial charge in [0.05, 0.1) is 18.1 Å². The molecule has 27 heavy (non-hydrogen) atoms. The van der Waals surface area contributed by atoms with E-state index >= 15 is 0 Å². The van der Waals surface area contributed by atoms with Crippen LogP contribution in [0, 0.1) is 0 Å². The highest BCUT2D eigenvalue weighted by atomic mass is 35.5. The monoisotopic (exact) mass is 391 g/mol. The lowest BCUT2D eigenvalue weighted by molar-refractivity contribution is 0.112. The molecule has 0 saturated carbocycles. The SMILES string of the molecule is Nc1ncc(C=O)cn1.Nc1ncc(CCl)cn1.Nc1ncc(CO)cn1. The van der Waals surface area contributed by atoms with Gasteiger partial charge in [0.15, 0.2) is 6.29 Å². The summed E-state index contributed by atoms with van der Waals surface area (Å²) in [6.07, 6.45) is 9.60. The molecule has 0 atom stereocenters. The van der Waals surface area contributed by atoms with E-state index in [1.54, 1.807) is 12.4 Å². The quantitative estimate of drug-likeness (QED) is 0.352. The molecule has 0 aliphatic heterocycles. The number of nitrogen functional groups attached to an aromatic ring is 3. The Morgan fingerprint density at radius 1 is 0.778 bits per heavy atom. The van der Waals surface area contributed by atoms with Crippen LogP contribution in [-0.2, 0) is 12.5 Å². The van der Waals surface area contributed by atoms with Gasteiger partial charge in [-0.2, -0.15) is 0 Å². The maximum atomic E-state index is 10.00. The molecular weight excluding hydrogens is 374 g/mol. The van der Waals surface area contributed by atoms with Gasteiger partial charge in [0, 0.05) is 48.3 Å². The number of aldehydes is 1. The lowest BCUT2D eigenvalue weighted by atomic mass is 10.4. The third kappa shape index (κ3) is 9.00. The maximum absolute atomic E-state index is 10.00. The summed E-state index contributed by atoms with van der Waals surface area (Å²) in [6, 6.07) is 0. The Balaban J connectivity index is 0.000000202. The highest BCUT2D eigenvalue weighted by Gasteiger charge is 1.90. The highest BCUT2D eigenvalue weighted by molar-refractivity contribution is 6.17. The fourth-order valence-corrected chi connectivity index (χ4v) is 1.43. The molecule has 0 aliphatic carbocycles. The normalized spacial score (nSPS) is 9.26. The van der Waals surface area contributed by atoms with Crippen molar-refractivity contribution < 1.29 is 9.90 Å². The van der Waals surface area contributed by atoms with Crippen molar-refractivity contribution in [1.82, 2.24) is 29.9 Å². The average Bonchev–Trinajstić information content (AvgIpc) is 2.71. The predicted molar refractivity (Wildman–Crippen MR) is 100 cm³/mol. The van der Waals surface area contributed by atoms with Gasteiger partial charge in [0.2, 0.25) is 17.8 Å². The number of hydrogen-bond donors (Lipinski definition) is 4. The molecule has 11 nitrogen and oxygen atoms in total. The molecule has 3 heterocycles. The van der Waals surface area contributed by atoms with Crippen LogP contribution >= 0.6 is 11.6 Å². The summed E-state index contributed by atoms with van der Waals surface area (Å²) in [4.78, 5) is 31.9. The Kier molecular flexibility index (Phi) is 9.60. The van der Waals surface area contributed by atoms with Gasteiger partial charge in [0.1, 0.15) is 0 Å². The number of anilines is 3. The Morgan fingerprint density at radius 3 is 1.48 bits per heavy atom. The van der Waals surface area contributed by atoms with Gasteiger partial charge in [-0.15, -0.1) is 11.6 Å². The molecule has 3 aromatic rings. The van der Waals surface area contributed by atoms with Crippen LogP contribution in [0.5, 0.6) is 0 Å². The first-order valence-electron chi connectivity index (χ1n) is 7.30. The van der Waals surface area contributed by atoms with E-state index in [2.05, 4.69) is 29.9 Å². The number of carbonyl (C=O) groups is 1. The van der Waals surface area contributed by atoms with E-state index in [0.717, 1.165) is 5.56 Å². The van der Waals surface area contributed by atoms with Crippen LogP contribution in [0.2, 0.25) is 0 Å². The number of hydrogen-bond acceptors (Lipinski definition) is 11. The van der Waals surface area contributed by atoms with Crippen LogP contribution in [0.25, 0.3) is 0 Å². The molecule has 142 valence electrons. The molecule has 3 aromatic heterocycles. The molecule has 0 aliphatic rings. The van der Waals surface area contributed by atoms with E-state index in [9.17, 15) is 4.79 Å². The van der Waals surface area contributed by atoms with E-state index in [1.165, 1.54) is 24.8 Å². The van der Waals surface area contributed by atoms with E-state index < -0.39 is 0 Å². The third-order valence-electron chi connectivity index (χ3n) is 2.62. The Labute approximate surface area is 159 Å². The zero-order valence-corrected chi connectivity index (χ0v) is 14.9. The van der Waals surface area contributed by atoms with Crippen molar-refractivity contribution in [2.75, 3.05) is 17.2 Å². The number of aliphatic hydroxyl groups excluding tert-OH is 1. The van der Waals surface area contributed by atoms with E-state index in [1.807, 2.05) is 0 Å². The van der Waals surface area contributed by atoms with Crippen LogP contribution in [0.1, 0.15) is 21.5 Å². The third-order valence-corrected chi connectivity index (χ3v) is 2.92. The fourth-order valence-electron chi connectivity index (χ4n) is 1.29. The molecule has 0 aromatic carbocycles. The van der Waals surface area contributed by atoms with Gasteiger partial charge in [-0.3, -0.25) is 4.79 Å². The molecular formula is C15H18ClN9O2. The minimum absolute atomic E-state index is 0.0414. The van der Waals surface area contributed by atoms with E-state index in [0.29, 0.717) is 23.3 Å². The van der Waals surface area contributed by atoms with Crippen molar-refractivity contribution in [2.45, 2.75) is 12.5 Å². The minimum atomic E-state index is -0.0414. The molecule has 3 rings (SSSR count). The van der Waals surface area contributed by atoms with E-state index in [-0.39, 0.29) is 24.5 Å². The number of nitrogens with two attached hydrogens (primary N) is 3. The molecule has 0 fully saturated rings.